The largest absolute Gasteiger partial charge is 0.314 e. The van der Waals surface area contributed by atoms with Gasteiger partial charge in [0.25, 0.3) is 5.69 Å². The Balaban J connectivity index is 2.05. The molecule has 3 aromatic rings. The molecule has 2 aromatic carbocycles. The van der Waals surface area contributed by atoms with E-state index >= 15 is 0 Å². The minimum absolute atomic E-state index is 0.106. The molecule has 0 amide bonds. The molecule has 1 atom stereocenters. The van der Waals surface area contributed by atoms with Crippen LogP contribution >= 0.6 is 11.3 Å². The van der Waals surface area contributed by atoms with Gasteiger partial charge in [-0.25, -0.2) is 4.99 Å². The summed E-state index contributed by atoms with van der Waals surface area (Å²) in [5.74, 6) is 0.680. The number of hydrogen-bond acceptors (Lipinski definition) is 4. The summed E-state index contributed by atoms with van der Waals surface area (Å²) in [5.41, 5.74) is 2.84. The van der Waals surface area contributed by atoms with Crippen LogP contribution < -0.4 is 4.80 Å². The summed E-state index contributed by atoms with van der Waals surface area (Å²) >= 11 is 1.57. The zero-order chi connectivity index (χ0) is 20.8. The number of nitro benzene ring substituents is 1. The molecule has 1 unspecified atom stereocenters. The second-order valence-electron chi connectivity index (χ2n) is 7.70. The molecule has 0 saturated carbocycles. The molecule has 0 fully saturated rings. The number of hydrogen-bond donors (Lipinski definition) is 0. The Kier molecular flexibility index (Phi) is 6.99. The summed E-state index contributed by atoms with van der Waals surface area (Å²) in [6.45, 7) is 6.69. The van der Waals surface area contributed by atoms with E-state index in [1.165, 1.54) is 12.5 Å². The van der Waals surface area contributed by atoms with Crippen molar-refractivity contribution >= 4 is 22.7 Å². The summed E-state index contributed by atoms with van der Waals surface area (Å²) in [5, 5.41) is 13.3. The Morgan fingerprint density at radius 2 is 1.83 bits per heavy atom. The van der Waals surface area contributed by atoms with Crippen LogP contribution in [0, 0.1) is 16.0 Å². The Hall–Kier alpha value is -2.73. The van der Waals surface area contributed by atoms with Gasteiger partial charge in [0.1, 0.15) is 0 Å². The van der Waals surface area contributed by atoms with Gasteiger partial charge in [-0.05, 0) is 31.4 Å². The van der Waals surface area contributed by atoms with E-state index in [2.05, 4.69) is 30.7 Å². The minimum atomic E-state index is -0.346. The van der Waals surface area contributed by atoms with Gasteiger partial charge in [-0.3, -0.25) is 10.1 Å². The second-order valence-corrected chi connectivity index (χ2v) is 8.54. The molecule has 5 nitrogen and oxygen atoms in total. The van der Waals surface area contributed by atoms with E-state index in [9.17, 15) is 10.1 Å². The second kappa shape index (κ2) is 9.65. The molecule has 0 bridgehead atoms. The van der Waals surface area contributed by atoms with Crippen LogP contribution in [0.15, 0.2) is 65.0 Å². The lowest BCUT2D eigenvalue weighted by molar-refractivity contribution is -0.384. The van der Waals surface area contributed by atoms with Crippen molar-refractivity contribution in [1.82, 2.24) is 4.57 Å². The molecule has 0 N–H and O–H groups in total. The minimum Gasteiger partial charge on any atom is -0.314 e. The van der Waals surface area contributed by atoms with Crippen molar-refractivity contribution in [3.05, 3.63) is 74.9 Å². The van der Waals surface area contributed by atoms with E-state index in [1.54, 1.807) is 23.5 Å². The Bertz CT molecular complexity index is 1020. The Morgan fingerprint density at radius 3 is 2.52 bits per heavy atom. The van der Waals surface area contributed by atoms with Crippen molar-refractivity contribution in [3.63, 3.8) is 0 Å². The fourth-order valence-corrected chi connectivity index (χ4v) is 4.40. The van der Waals surface area contributed by atoms with Gasteiger partial charge in [0.2, 0.25) is 0 Å². The molecule has 3 rings (SSSR count). The third-order valence-electron chi connectivity index (χ3n) is 4.92. The normalized spacial score (nSPS) is 13.0. The van der Waals surface area contributed by atoms with E-state index in [4.69, 9.17) is 4.99 Å². The monoisotopic (exact) mass is 409 g/mol. The lowest BCUT2D eigenvalue weighted by Crippen LogP contribution is -2.20. The van der Waals surface area contributed by atoms with Crippen LogP contribution in [-0.4, -0.2) is 9.49 Å². The highest BCUT2D eigenvalue weighted by molar-refractivity contribution is 7.07. The summed E-state index contributed by atoms with van der Waals surface area (Å²) in [6, 6.07) is 17.0. The summed E-state index contributed by atoms with van der Waals surface area (Å²) in [4.78, 5) is 16.7. The number of thiazole rings is 1. The highest BCUT2D eigenvalue weighted by Crippen LogP contribution is 2.29. The van der Waals surface area contributed by atoms with Gasteiger partial charge in [0, 0.05) is 29.1 Å². The number of rotatable bonds is 8. The predicted molar refractivity (Wildman–Crippen MR) is 119 cm³/mol. The zero-order valence-electron chi connectivity index (χ0n) is 17.1. The predicted octanol–water partition coefficient (Wildman–Crippen LogP) is 6.74. The third kappa shape index (κ3) is 5.41. The quantitative estimate of drug-likeness (QED) is 0.305. The van der Waals surface area contributed by atoms with Gasteiger partial charge < -0.3 is 4.57 Å². The van der Waals surface area contributed by atoms with E-state index in [0.29, 0.717) is 5.92 Å². The standard InChI is InChI=1S/C23H27N3O2S/c1-17(2)9-7-10-18(3)25-22(19-11-8-14-21(15-19)26(27)28)16-29-23(25)24-20-12-5-4-6-13-20/h4-6,8,11-18H,7,9-10H2,1-3H3. The number of nitrogens with zero attached hydrogens (tertiary/aromatic N) is 3. The number of aromatic nitrogens is 1. The first-order valence-electron chi connectivity index (χ1n) is 10.0. The molecule has 6 heteroatoms. The van der Waals surface area contributed by atoms with Crippen molar-refractivity contribution in [2.45, 2.75) is 46.1 Å². The highest BCUT2D eigenvalue weighted by Gasteiger charge is 2.16. The van der Waals surface area contributed by atoms with Crippen LogP contribution in [0.5, 0.6) is 0 Å². The highest BCUT2D eigenvalue weighted by atomic mass is 32.1. The number of nitro groups is 1. The maximum atomic E-state index is 11.2. The maximum Gasteiger partial charge on any atom is 0.270 e. The van der Waals surface area contributed by atoms with Gasteiger partial charge in [-0.2, -0.15) is 0 Å². The average Bonchev–Trinajstić information content (AvgIpc) is 3.12. The van der Waals surface area contributed by atoms with E-state index < -0.39 is 0 Å². The molecular formula is C23H27N3O2S. The molecular weight excluding hydrogens is 382 g/mol. The van der Waals surface area contributed by atoms with Crippen molar-refractivity contribution in [2.75, 3.05) is 0 Å². The van der Waals surface area contributed by atoms with Crippen LogP contribution in [-0.2, 0) is 0 Å². The fourth-order valence-electron chi connectivity index (χ4n) is 3.38. The molecule has 0 radical (unpaired) electrons. The van der Waals surface area contributed by atoms with Gasteiger partial charge >= 0.3 is 0 Å². The first kappa shape index (κ1) is 21.0. The number of para-hydroxylation sites is 1. The molecule has 29 heavy (non-hydrogen) atoms. The lowest BCUT2D eigenvalue weighted by Gasteiger charge is -2.18. The zero-order valence-corrected chi connectivity index (χ0v) is 17.9. The SMILES string of the molecule is CC(C)CCCC(C)n1c(-c2cccc([N+](=O)[O-])c2)csc1=Nc1ccccc1. The van der Waals surface area contributed by atoms with Gasteiger partial charge in [-0.15, -0.1) is 11.3 Å². The van der Waals surface area contributed by atoms with Crippen molar-refractivity contribution in [3.8, 4) is 11.3 Å². The Labute approximate surface area is 175 Å². The fraction of sp³-hybridized carbons (Fsp3) is 0.348. The van der Waals surface area contributed by atoms with Gasteiger partial charge in [0.15, 0.2) is 4.80 Å². The molecule has 0 aliphatic rings. The number of non-ortho nitro benzene ring substituents is 1. The van der Waals surface area contributed by atoms with Crippen LogP contribution in [0.25, 0.3) is 11.3 Å². The lowest BCUT2D eigenvalue weighted by atomic mass is 10.0. The number of benzene rings is 2. The topological polar surface area (TPSA) is 60.4 Å². The van der Waals surface area contributed by atoms with Crippen molar-refractivity contribution in [2.24, 2.45) is 10.9 Å². The van der Waals surface area contributed by atoms with Gasteiger partial charge in [-0.1, -0.05) is 57.0 Å². The molecule has 0 aliphatic carbocycles. The maximum absolute atomic E-state index is 11.2. The summed E-state index contributed by atoms with van der Waals surface area (Å²) in [7, 11) is 0. The van der Waals surface area contributed by atoms with Crippen molar-refractivity contribution in [1.29, 1.82) is 0 Å². The molecule has 0 spiro atoms. The molecule has 0 aliphatic heterocycles. The third-order valence-corrected chi connectivity index (χ3v) is 5.76. The van der Waals surface area contributed by atoms with E-state index in [1.807, 2.05) is 36.4 Å². The molecule has 1 heterocycles. The smallest absolute Gasteiger partial charge is 0.270 e. The first-order chi connectivity index (χ1) is 14.0. The van der Waals surface area contributed by atoms with E-state index in [0.717, 1.165) is 34.6 Å². The summed E-state index contributed by atoms with van der Waals surface area (Å²) in [6.07, 6.45) is 3.37. The van der Waals surface area contributed by atoms with E-state index in [-0.39, 0.29) is 16.7 Å². The molecule has 1 aromatic heterocycles. The molecule has 0 saturated heterocycles. The van der Waals surface area contributed by atoms with Gasteiger partial charge in [0.05, 0.1) is 16.3 Å². The molecule has 152 valence electrons. The van der Waals surface area contributed by atoms with Crippen LogP contribution in [0.3, 0.4) is 0 Å². The first-order valence-corrected chi connectivity index (χ1v) is 10.9. The summed E-state index contributed by atoms with van der Waals surface area (Å²) < 4.78 is 2.23. The van der Waals surface area contributed by atoms with Crippen molar-refractivity contribution < 1.29 is 4.92 Å². The van der Waals surface area contributed by atoms with Crippen LogP contribution in [0.1, 0.15) is 46.1 Å². The average molecular weight is 410 g/mol. The Morgan fingerprint density at radius 1 is 1.07 bits per heavy atom. The van der Waals surface area contributed by atoms with Crippen LogP contribution in [0.4, 0.5) is 11.4 Å². The van der Waals surface area contributed by atoms with Crippen LogP contribution in [0.2, 0.25) is 0 Å².